The lowest BCUT2D eigenvalue weighted by atomic mass is 10.1. The maximum atomic E-state index is 11.9. The molecule has 3 rings (SSSR count). The van der Waals surface area contributed by atoms with E-state index in [9.17, 15) is 4.79 Å². The van der Waals surface area contributed by atoms with Crippen molar-refractivity contribution in [3.63, 3.8) is 0 Å². The number of rotatable bonds is 1. The highest BCUT2D eigenvalue weighted by atomic mass is 16.2. The molecule has 0 radical (unpaired) electrons. The maximum Gasteiger partial charge on any atom is 0.243 e. The number of nitrogens with zero attached hydrogens (tertiary/aromatic N) is 1. The summed E-state index contributed by atoms with van der Waals surface area (Å²) in [6.45, 7) is 3.62. The standard InChI is InChI=1S/C14H17N3O/c1-9-4-3-5-11-10(9)8-12(17(11)2)13-14(18)16-7-6-15-13/h3-5,8,13,15H,6-7H2,1-2H3,(H,16,18). The molecule has 1 aromatic carbocycles. The van der Waals surface area contributed by atoms with E-state index in [0.717, 1.165) is 12.2 Å². The van der Waals surface area contributed by atoms with Crippen molar-refractivity contribution in [2.45, 2.75) is 13.0 Å². The topological polar surface area (TPSA) is 46.1 Å². The summed E-state index contributed by atoms with van der Waals surface area (Å²) in [5, 5.41) is 7.39. The van der Waals surface area contributed by atoms with Crippen LogP contribution in [0.15, 0.2) is 24.3 Å². The van der Waals surface area contributed by atoms with Gasteiger partial charge in [0.05, 0.1) is 0 Å². The molecule has 1 amide bonds. The van der Waals surface area contributed by atoms with Gasteiger partial charge in [-0.15, -0.1) is 0 Å². The quantitative estimate of drug-likeness (QED) is 0.791. The van der Waals surface area contributed by atoms with Crippen LogP contribution in [0.1, 0.15) is 17.3 Å². The van der Waals surface area contributed by atoms with Crippen molar-refractivity contribution in [3.8, 4) is 0 Å². The summed E-state index contributed by atoms with van der Waals surface area (Å²) in [7, 11) is 2.01. The molecule has 0 spiro atoms. The Balaban J connectivity index is 2.14. The fraction of sp³-hybridized carbons (Fsp3) is 0.357. The van der Waals surface area contributed by atoms with E-state index in [0.29, 0.717) is 6.54 Å². The van der Waals surface area contributed by atoms with Gasteiger partial charge in [-0.1, -0.05) is 12.1 Å². The van der Waals surface area contributed by atoms with Crippen molar-refractivity contribution in [1.29, 1.82) is 0 Å². The highest BCUT2D eigenvalue weighted by Gasteiger charge is 2.26. The maximum absolute atomic E-state index is 11.9. The second-order valence-electron chi connectivity index (χ2n) is 4.81. The molecule has 4 heteroatoms. The predicted molar refractivity (Wildman–Crippen MR) is 71.4 cm³/mol. The summed E-state index contributed by atoms with van der Waals surface area (Å²) in [4.78, 5) is 11.9. The van der Waals surface area contributed by atoms with Crippen LogP contribution < -0.4 is 10.6 Å². The molecule has 2 heterocycles. The van der Waals surface area contributed by atoms with E-state index < -0.39 is 0 Å². The van der Waals surface area contributed by atoms with Crippen LogP contribution in [0.25, 0.3) is 10.9 Å². The summed E-state index contributed by atoms with van der Waals surface area (Å²) in [6, 6.07) is 8.12. The van der Waals surface area contributed by atoms with Gasteiger partial charge < -0.3 is 9.88 Å². The van der Waals surface area contributed by atoms with Crippen LogP contribution in [0, 0.1) is 6.92 Å². The normalized spacial score (nSPS) is 20.1. The first-order chi connectivity index (χ1) is 8.68. The lowest BCUT2D eigenvalue weighted by molar-refractivity contribution is -0.124. The van der Waals surface area contributed by atoms with Gasteiger partial charge in [0.1, 0.15) is 6.04 Å². The molecule has 94 valence electrons. The van der Waals surface area contributed by atoms with E-state index in [1.54, 1.807) is 0 Å². The Bertz CT molecular complexity index is 615. The molecule has 2 N–H and O–H groups in total. The number of fused-ring (bicyclic) bond motifs is 1. The lowest BCUT2D eigenvalue weighted by Gasteiger charge is -2.24. The number of hydrogen-bond donors (Lipinski definition) is 2. The Labute approximate surface area is 106 Å². The van der Waals surface area contributed by atoms with E-state index in [1.165, 1.54) is 16.5 Å². The minimum absolute atomic E-state index is 0.0600. The number of carbonyl (C=O) groups is 1. The minimum Gasteiger partial charge on any atom is -0.353 e. The molecule has 1 aliphatic heterocycles. The molecule has 1 aliphatic rings. The van der Waals surface area contributed by atoms with Gasteiger partial charge in [0, 0.05) is 36.7 Å². The molecule has 1 aromatic heterocycles. The highest BCUT2D eigenvalue weighted by Crippen LogP contribution is 2.26. The first-order valence-electron chi connectivity index (χ1n) is 6.24. The molecule has 1 atom stereocenters. The number of nitrogens with one attached hydrogen (secondary N) is 2. The van der Waals surface area contributed by atoms with E-state index in [4.69, 9.17) is 0 Å². The lowest BCUT2D eigenvalue weighted by Crippen LogP contribution is -2.47. The molecule has 0 saturated carbocycles. The van der Waals surface area contributed by atoms with Gasteiger partial charge in [-0.05, 0) is 24.6 Å². The molecule has 2 aromatic rings. The number of aromatic nitrogens is 1. The Morgan fingerprint density at radius 3 is 2.89 bits per heavy atom. The average Bonchev–Trinajstić information content (AvgIpc) is 2.70. The summed E-state index contributed by atoms with van der Waals surface area (Å²) < 4.78 is 2.10. The largest absolute Gasteiger partial charge is 0.353 e. The highest BCUT2D eigenvalue weighted by molar-refractivity contribution is 5.89. The number of carbonyl (C=O) groups excluding carboxylic acids is 1. The van der Waals surface area contributed by atoms with Gasteiger partial charge in [0.25, 0.3) is 0 Å². The molecule has 18 heavy (non-hydrogen) atoms. The third-order valence-electron chi connectivity index (χ3n) is 3.67. The van der Waals surface area contributed by atoms with Crippen LogP contribution in [0.5, 0.6) is 0 Å². The van der Waals surface area contributed by atoms with Crippen molar-refractivity contribution in [1.82, 2.24) is 15.2 Å². The van der Waals surface area contributed by atoms with Gasteiger partial charge in [-0.3, -0.25) is 10.1 Å². The Morgan fingerprint density at radius 2 is 2.17 bits per heavy atom. The average molecular weight is 243 g/mol. The first kappa shape index (κ1) is 11.3. The first-order valence-corrected chi connectivity index (χ1v) is 6.24. The van der Waals surface area contributed by atoms with Crippen LogP contribution in [-0.4, -0.2) is 23.6 Å². The monoisotopic (exact) mass is 243 g/mol. The van der Waals surface area contributed by atoms with Gasteiger partial charge in [0.2, 0.25) is 5.91 Å². The van der Waals surface area contributed by atoms with Gasteiger partial charge in [-0.2, -0.15) is 0 Å². The predicted octanol–water partition coefficient (Wildman–Crippen LogP) is 1.25. The molecule has 4 nitrogen and oxygen atoms in total. The van der Waals surface area contributed by atoms with E-state index >= 15 is 0 Å². The molecule has 0 bridgehead atoms. The van der Waals surface area contributed by atoms with Crippen LogP contribution in [-0.2, 0) is 11.8 Å². The van der Waals surface area contributed by atoms with Gasteiger partial charge >= 0.3 is 0 Å². The molecular formula is C14H17N3O. The SMILES string of the molecule is Cc1cccc2c1cc(C1NCCNC1=O)n2C. The Hall–Kier alpha value is -1.81. The second kappa shape index (κ2) is 4.14. The summed E-state index contributed by atoms with van der Waals surface area (Å²) in [5.74, 6) is 0.0600. The van der Waals surface area contributed by atoms with Crippen molar-refractivity contribution in [2.24, 2.45) is 7.05 Å². The van der Waals surface area contributed by atoms with Crippen molar-refractivity contribution < 1.29 is 4.79 Å². The third kappa shape index (κ3) is 1.61. The minimum atomic E-state index is -0.240. The van der Waals surface area contributed by atoms with Crippen molar-refractivity contribution in [2.75, 3.05) is 13.1 Å². The zero-order valence-corrected chi connectivity index (χ0v) is 10.7. The smallest absolute Gasteiger partial charge is 0.243 e. The number of benzene rings is 1. The summed E-state index contributed by atoms with van der Waals surface area (Å²) in [5.41, 5.74) is 3.44. The van der Waals surface area contributed by atoms with Crippen LogP contribution >= 0.6 is 0 Å². The van der Waals surface area contributed by atoms with E-state index in [1.807, 2.05) is 7.05 Å². The third-order valence-corrected chi connectivity index (χ3v) is 3.67. The Morgan fingerprint density at radius 1 is 1.33 bits per heavy atom. The van der Waals surface area contributed by atoms with Crippen molar-refractivity contribution >= 4 is 16.8 Å². The van der Waals surface area contributed by atoms with Crippen LogP contribution in [0.4, 0.5) is 0 Å². The number of aryl methyl sites for hydroxylation is 2. The number of hydrogen-bond acceptors (Lipinski definition) is 2. The molecule has 1 unspecified atom stereocenters. The molecular weight excluding hydrogens is 226 g/mol. The van der Waals surface area contributed by atoms with E-state index in [2.05, 4.69) is 46.4 Å². The fourth-order valence-electron chi connectivity index (χ4n) is 2.64. The van der Waals surface area contributed by atoms with Crippen LogP contribution in [0.2, 0.25) is 0 Å². The second-order valence-corrected chi connectivity index (χ2v) is 4.81. The van der Waals surface area contributed by atoms with Gasteiger partial charge in [-0.25, -0.2) is 0 Å². The van der Waals surface area contributed by atoms with E-state index in [-0.39, 0.29) is 11.9 Å². The number of piperazine rings is 1. The van der Waals surface area contributed by atoms with Crippen LogP contribution in [0.3, 0.4) is 0 Å². The van der Waals surface area contributed by atoms with Gasteiger partial charge in [0.15, 0.2) is 0 Å². The summed E-state index contributed by atoms with van der Waals surface area (Å²) >= 11 is 0. The molecule has 1 saturated heterocycles. The molecule has 1 fully saturated rings. The number of amides is 1. The molecule has 0 aliphatic carbocycles. The van der Waals surface area contributed by atoms with Crippen molar-refractivity contribution in [3.05, 3.63) is 35.5 Å². The summed E-state index contributed by atoms with van der Waals surface area (Å²) in [6.07, 6.45) is 0. The zero-order chi connectivity index (χ0) is 12.7. The fourth-order valence-corrected chi connectivity index (χ4v) is 2.64. The zero-order valence-electron chi connectivity index (χ0n) is 10.7. The Kier molecular flexibility index (Phi) is 2.59.